The quantitative estimate of drug-likeness (QED) is 0.408. The molecule has 1 aliphatic heterocycles. The molecular weight excluding hydrogens is 397 g/mol. The van der Waals surface area contributed by atoms with E-state index in [-0.39, 0.29) is 30.2 Å². The minimum absolute atomic E-state index is 0.0547. The summed E-state index contributed by atoms with van der Waals surface area (Å²) in [4.78, 5) is 35.4. The second-order valence-corrected chi connectivity index (χ2v) is 6.24. The van der Waals surface area contributed by atoms with Gasteiger partial charge in [-0.25, -0.2) is 14.0 Å². The third-order valence-corrected chi connectivity index (χ3v) is 4.26. The Labute approximate surface area is 170 Å². The zero-order valence-electron chi connectivity index (χ0n) is 15.9. The number of esters is 1. The number of halogens is 1. The summed E-state index contributed by atoms with van der Waals surface area (Å²) < 4.78 is 23.8. The number of amides is 2. The fourth-order valence-corrected chi connectivity index (χ4v) is 2.94. The molecule has 0 unspecified atom stereocenters. The lowest BCUT2D eigenvalue weighted by Gasteiger charge is -2.29. The number of nitro benzene ring substituents is 1. The van der Waals surface area contributed by atoms with E-state index in [1.807, 2.05) is 0 Å². The number of non-ortho nitro benzene ring substituents is 1. The van der Waals surface area contributed by atoms with Gasteiger partial charge < -0.3 is 20.1 Å². The fraction of sp³-hybridized carbons (Fsp3) is 0.200. The maximum atomic E-state index is 13.1. The van der Waals surface area contributed by atoms with E-state index in [0.717, 1.165) is 0 Å². The lowest BCUT2D eigenvalue weighted by atomic mass is 9.95. The van der Waals surface area contributed by atoms with Gasteiger partial charge in [-0.15, -0.1) is 0 Å². The third kappa shape index (κ3) is 4.72. The molecule has 0 aromatic heterocycles. The second-order valence-electron chi connectivity index (χ2n) is 6.24. The van der Waals surface area contributed by atoms with E-state index in [2.05, 4.69) is 10.6 Å². The van der Waals surface area contributed by atoms with Gasteiger partial charge >= 0.3 is 12.0 Å². The Bertz CT molecular complexity index is 1010. The van der Waals surface area contributed by atoms with E-state index in [4.69, 9.17) is 9.47 Å². The maximum absolute atomic E-state index is 13.1. The zero-order chi connectivity index (χ0) is 21.7. The van der Waals surface area contributed by atoms with Crippen LogP contribution >= 0.6 is 0 Å². The second kappa shape index (κ2) is 9.03. The number of ether oxygens (including phenoxy) is 2. The molecule has 2 N–H and O–H groups in total. The van der Waals surface area contributed by atoms with Crippen LogP contribution in [0.3, 0.4) is 0 Å². The van der Waals surface area contributed by atoms with Crippen molar-refractivity contribution in [2.24, 2.45) is 0 Å². The molecule has 0 aliphatic carbocycles. The summed E-state index contributed by atoms with van der Waals surface area (Å²) >= 11 is 0. The predicted octanol–water partition coefficient (Wildman–Crippen LogP) is 2.98. The number of hydrogen-bond donors (Lipinski definition) is 2. The molecule has 30 heavy (non-hydrogen) atoms. The van der Waals surface area contributed by atoms with Crippen LogP contribution in [0.4, 0.5) is 14.9 Å². The Kier molecular flexibility index (Phi) is 6.26. The van der Waals surface area contributed by atoms with Gasteiger partial charge in [-0.2, -0.15) is 0 Å². The number of benzene rings is 2. The number of nitro groups is 1. The van der Waals surface area contributed by atoms with Crippen molar-refractivity contribution in [1.82, 2.24) is 10.6 Å². The molecule has 1 heterocycles. The summed E-state index contributed by atoms with van der Waals surface area (Å²) in [5, 5.41) is 16.2. The van der Waals surface area contributed by atoms with Gasteiger partial charge in [0, 0.05) is 12.1 Å². The summed E-state index contributed by atoms with van der Waals surface area (Å²) in [6.07, 6.45) is 0. The van der Waals surface area contributed by atoms with Crippen LogP contribution in [0.1, 0.15) is 18.5 Å². The normalized spacial score (nSPS) is 15.8. The molecule has 0 saturated heterocycles. The lowest BCUT2D eigenvalue weighted by Crippen LogP contribution is -2.47. The first-order chi connectivity index (χ1) is 14.4. The number of nitrogens with zero attached hydrogens (tertiary/aromatic N) is 1. The van der Waals surface area contributed by atoms with Gasteiger partial charge in [-0.1, -0.05) is 12.1 Å². The van der Waals surface area contributed by atoms with Crippen LogP contribution in [0.2, 0.25) is 0 Å². The summed E-state index contributed by atoms with van der Waals surface area (Å²) in [6, 6.07) is 9.22. The van der Waals surface area contributed by atoms with Crippen LogP contribution in [-0.4, -0.2) is 30.1 Å². The monoisotopic (exact) mass is 415 g/mol. The molecule has 3 rings (SSSR count). The average molecular weight is 415 g/mol. The molecule has 0 fully saturated rings. The van der Waals surface area contributed by atoms with Crippen molar-refractivity contribution in [3.05, 3.63) is 81.3 Å². The highest BCUT2D eigenvalue weighted by atomic mass is 19.1. The number of urea groups is 1. The van der Waals surface area contributed by atoms with Gasteiger partial charge in [0.05, 0.1) is 28.8 Å². The van der Waals surface area contributed by atoms with Gasteiger partial charge in [0.15, 0.2) is 0 Å². The summed E-state index contributed by atoms with van der Waals surface area (Å²) in [5.74, 6) is -0.819. The number of carbonyl (C=O) groups excluding carboxylic acids is 2. The van der Waals surface area contributed by atoms with Crippen molar-refractivity contribution < 1.29 is 28.4 Å². The van der Waals surface area contributed by atoms with Gasteiger partial charge in [0.25, 0.3) is 5.69 Å². The van der Waals surface area contributed by atoms with Crippen molar-refractivity contribution in [2.45, 2.75) is 13.0 Å². The van der Waals surface area contributed by atoms with Gasteiger partial charge in [0.2, 0.25) is 0 Å². The smallest absolute Gasteiger partial charge is 0.338 e. The first-order valence-electron chi connectivity index (χ1n) is 8.99. The van der Waals surface area contributed by atoms with Crippen LogP contribution < -0.4 is 15.4 Å². The number of hydrogen-bond acceptors (Lipinski definition) is 6. The molecule has 0 radical (unpaired) electrons. The van der Waals surface area contributed by atoms with Crippen LogP contribution in [0.5, 0.6) is 5.75 Å². The largest absolute Gasteiger partial charge is 0.487 e. The molecule has 1 atom stereocenters. The highest BCUT2D eigenvalue weighted by Crippen LogP contribution is 2.30. The Morgan fingerprint density at radius 3 is 2.63 bits per heavy atom. The van der Waals surface area contributed by atoms with Gasteiger partial charge in [-0.3, -0.25) is 10.1 Å². The van der Waals surface area contributed by atoms with E-state index < -0.39 is 28.8 Å². The van der Waals surface area contributed by atoms with E-state index in [1.165, 1.54) is 42.5 Å². The maximum Gasteiger partial charge on any atom is 0.338 e. The summed E-state index contributed by atoms with van der Waals surface area (Å²) in [7, 11) is 0. The third-order valence-electron chi connectivity index (χ3n) is 4.26. The number of carbonyl (C=O) groups is 2. The summed E-state index contributed by atoms with van der Waals surface area (Å²) in [5.41, 5.74) is 0.339. The Balaban J connectivity index is 1.99. The molecule has 0 spiro atoms. The molecule has 2 aromatic rings. The van der Waals surface area contributed by atoms with Crippen LogP contribution in [0.15, 0.2) is 59.8 Å². The van der Waals surface area contributed by atoms with Gasteiger partial charge in [0.1, 0.15) is 18.2 Å². The molecular formula is C20H18FN3O6. The minimum Gasteiger partial charge on any atom is -0.487 e. The molecule has 2 aromatic carbocycles. The highest BCUT2D eigenvalue weighted by molar-refractivity contribution is 5.95. The SMILES string of the molecule is CCOC(=O)C1=C(COc2ccc(F)cc2)NC(=O)N[C@H]1c1cccc([N+](=O)[O-])c1. The minimum atomic E-state index is -0.982. The molecule has 1 aliphatic rings. The van der Waals surface area contributed by atoms with E-state index >= 15 is 0 Å². The van der Waals surface area contributed by atoms with Crippen molar-refractivity contribution >= 4 is 17.7 Å². The summed E-state index contributed by atoms with van der Waals surface area (Å²) in [6.45, 7) is 1.51. The van der Waals surface area contributed by atoms with Crippen LogP contribution in [0.25, 0.3) is 0 Å². The fourth-order valence-electron chi connectivity index (χ4n) is 2.94. The Hall–Kier alpha value is -3.95. The molecule has 0 bridgehead atoms. The first kappa shape index (κ1) is 20.8. The van der Waals surface area contributed by atoms with Crippen molar-refractivity contribution in [3.8, 4) is 5.75 Å². The molecule has 0 saturated carbocycles. The highest BCUT2D eigenvalue weighted by Gasteiger charge is 2.34. The first-order valence-corrected chi connectivity index (χ1v) is 8.99. The Morgan fingerprint density at radius 1 is 1.23 bits per heavy atom. The van der Waals surface area contributed by atoms with Crippen LogP contribution in [0, 0.1) is 15.9 Å². The van der Waals surface area contributed by atoms with Crippen molar-refractivity contribution in [3.63, 3.8) is 0 Å². The molecule has 2 amide bonds. The lowest BCUT2D eigenvalue weighted by molar-refractivity contribution is -0.384. The van der Waals surface area contributed by atoms with E-state index in [0.29, 0.717) is 11.3 Å². The molecule has 10 heteroatoms. The topological polar surface area (TPSA) is 120 Å². The zero-order valence-corrected chi connectivity index (χ0v) is 15.9. The Morgan fingerprint density at radius 2 is 1.97 bits per heavy atom. The van der Waals surface area contributed by atoms with Crippen molar-refractivity contribution in [2.75, 3.05) is 13.2 Å². The average Bonchev–Trinajstić information content (AvgIpc) is 2.73. The molecule has 9 nitrogen and oxygen atoms in total. The van der Waals surface area contributed by atoms with E-state index in [1.54, 1.807) is 13.0 Å². The van der Waals surface area contributed by atoms with E-state index in [9.17, 15) is 24.1 Å². The predicted molar refractivity (Wildman–Crippen MR) is 103 cm³/mol. The van der Waals surface area contributed by atoms with Crippen LogP contribution in [-0.2, 0) is 9.53 Å². The number of rotatable bonds is 7. The standard InChI is InChI=1S/C20H18FN3O6/c1-2-29-19(25)17-16(11-30-15-8-6-13(21)7-9-15)22-20(26)23-18(17)12-4-3-5-14(10-12)24(27)28/h3-10,18H,2,11H2,1H3,(H2,22,23,26)/t18-/m0/s1. The molecule has 156 valence electrons. The van der Waals surface area contributed by atoms with Crippen molar-refractivity contribution in [1.29, 1.82) is 0 Å². The van der Waals surface area contributed by atoms with Gasteiger partial charge in [-0.05, 0) is 36.8 Å². The number of nitrogens with one attached hydrogen (secondary N) is 2.